The van der Waals surface area contributed by atoms with Gasteiger partial charge in [-0.1, -0.05) is 0 Å². The molecule has 0 aromatic heterocycles. The molecule has 1 aliphatic rings. The number of ether oxygens (including phenoxy) is 1. The van der Waals surface area contributed by atoms with Gasteiger partial charge in [0, 0.05) is 0 Å². The molecule has 0 unspecified atom stereocenters. The number of aliphatic hydroxyl groups is 3. The Morgan fingerprint density at radius 3 is 2.27 bits per heavy atom. The van der Waals surface area contributed by atoms with E-state index in [9.17, 15) is 4.39 Å². The summed E-state index contributed by atoms with van der Waals surface area (Å²) in [4.78, 5) is 0. The zero-order chi connectivity index (χ0) is 8.59. The summed E-state index contributed by atoms with van der Waals surface area (Å²) in [7, 11) is 0. The van der Waals surface area contributed by atoms with Gasteiger partial charge in [-0.3, -0.25) is 0 Å². The summed E-state index contributed by atoms with van der Waals surface area (Å²) in [5.74, 6) is 0. The zero-order valence-electron chi connectivity index (χ0n) is 6.01. The smallest absolute Gasteiger partial charge is 0.183 e. The lowest BCUT2D eigenvalue weighted by Gasteiger charge is -2.35. The van der Waals surface area contributed by atoms with Gasteiger partial charge < -0.3 is 20.1 Å². The minimum absolute atomic E-state index is 0.886. The van der Waals surface area contributed by atoms with Crippen LogP contribution in [-0.2, 0) is 4.74 Å². The van der Waals surface area contributed by atoms with Crippen molar-refractivity contribution < 1.29 is 24.4 Å². The molecule has 1 heterocycles. The molecule has 5 atom stereocenters. The number of aliphatic hydroxyl groups excluding tert-OH is 3. The van der Waals surface area contributed by atoms with Crippen LogP contribution in [0, 0.1) is 0 Å². The molecule has 0 aliphatic carbocycles. The largest absolute Gasteiger partial charge is 0.387 e. The van der Waals surface area contributed by atoms with Crippen molar-refractivity contribution in [2.75, 3.05) is 0 Å². The van der Waals surface area contributed by atoms with Gasteiger partial charge in [0.25, 0.3) is 0 Å². The van der Waals surface area contributed by atoms with Crippen LogP contribution >= 0.6 is 0 Å². The normalized spacial score (nSPS) is 52.6. The third kappa shape index (κ3) is 1.51. The first-order valence-electron chi connectivity index (χ1n) is 3.37. The highest BCUT2D eigenvalue weighted by Crippen LogP contribution is 2.21. The van der Waals surface area contributed by atoms with Crippen LogP contribution in [0.5, 0.6) is 0 Å². The van der Waals surface area contributed by atoms with Gasteiger partial charge in [0.05, 0.1) is 6.10 Å². The second-order valence-corrected chi connectivity index (χ2v) is 2.66. The summed E-state index contributed by atoms with van der Waals surface area (Å²) < 4.78 is 17.3. The molecule has 0 bridgehead atoms. The van der Waals surface area contributed by atoms with E-state index in [-0.39, 0.29) is 0 Å². The molecule has 0 aromatic carbocycles. The van der Waals surface area contributed by atoms with Gasteiger partial charge in [0.1, 0.15) is 12.2 Å². The molecular formula is C6H11FO4. The average molecular weight is 166 g/mol. The van der Waals surface area contributed by atoms with Crippen molar-refractivity contribution >= 4 is 0 Å². The number of halogens is 1. The average Bonchev–Trinajstić information content (AvgIpc) is 1.97. The molecule has 3 N–H and O–H groups in total. The van der Waals surface area contributed by atoms with E-state index in [4.69, 9.17) is 15.3 Å². The van der Waals surface area contributed by atoms with E-state index in [1.54, 1.807) is 0 Å². The monoisotopic (exact) mass is 166 g/mol. The van der Waals surface area contributed by atoms with Crippen molar-refractivity contribution in [1.29, 1.82) is 0 Å². The molecule has 0 aromatic rings. The van der Waals surface area contributed by atoms with Crippen LogP contribution in [0.3, 0.4) is 0 Å². The van der Waals surface area contributed by atoms with E-state index >= 15 is 0 Å². The van der Waals surface area contributed by atoms with Crippen molar-refractivity contribution in [3.63, 3.8) is 0 Å². The van der Waals surface area contributed by atoms with Gasteiger partial charge in [-0.05, 0) is 6.92 Å². The van der Waals surface area contributed by atoms with Crippen LogP contribution in [0.4, 0.5) is 4.39 Å². The highest BCUT2D eigenvalue weighted by Gasteiger charge is 2.41. The van der Waals surface area contributed by atoms with Crippen molar-refractivity contribution in [2.24, 2.45) is 0 Å². The molecule has 0 spiro atoms. The third-order valence-electron chi connectivity index (χ3n) is 1.77. The van der Waals surface area contributed by atoms with E-state index in [2.05, 4.69) is 4.74 Å². The topological polar surface area (TPSA) is 69.9 Å². The van der Waals surface area contributed by atoms with Gasteiger partial charge in [-0.25, -0.2) is 4.39 Å². The Balaban J connectivity index is 2.63. The van der Waals surface area contributed by atoms with Crippen LogP contribution in [-0.4, -0.2) is 46.1 Å². The highest BCUT2D eigenvalue weighted by atomic mass is 19.1. The fourth-order valence-electron chi connectivity index (χ4n) is 1.01. The van der Waals surface area contributed by atoms with E-state index in [0.29, 0.717) is 0 Å². The molecule has 1 saturated heterocycles. The standard InChI is InChI=1S/C6H11FO4/c1-2-3(7)4(8)5(9)6(10)11-2/h2-6,8-10H,1H3/t2-,3+,4+,5+,6+/m1/s1. The SMILES string of the molecule is C[C@H]1O[C@H](O)[C@@H](O)[C@@H](O)[C@H]1F. The Hall–Kier alpha value is -0.230. The molecule has 1 fully saturated rings. The molecule has 66 valence electrons. The first-order chi connectivity index (χ1) is 5.04. The minimum Gasteiger partial charge on any atom is -0.387 e. The van der Waals surface area contributed by atoms with Gasteiger partial charge >= 0.3 is 0 Å². The molecule has 1 rings (SSSR count). The maximum atomic E-state index is 12.7. The number of hydrogen-bond donors (Lipinski definition) is 3. The third-order valence-corrected chi connectivity index (χ3v) is 1.77. The first-order valence-corrected chi connectivity index (χ1v) is 3.37. The quantitative estimate of drug-likeness (QED) is 0.422. The first kappa shape index (κ1) is 8.86. The molecular weight excluding hydrogens is 155 g/mol. The van der Waals surface area contributed by atoms with Crippen molar-refractivity contribution in [1.82, 2.24) is 0 Å². The Bertz CT molecular complexity index is 129. The number of hydrogen-bond acceptors (Lipinski definition) is 4. The van der Waals surface area contributed by atoms with E-state index in [1.165, 1.54) is 6.92 Å². The Morgan fingerprint density at radius 2 is 1.73 bits per heavy atom. The summed E-state index contributed by atoms with van der Waals surface area (Å²) in [6.45, 7) is 1.38. The zero-order valence-corrected chi connectivity index (χ0v) is 6.01. The molecule has 5 heteroatoms. The van der Waals surface area contributed by atoms with Gasteiger partial charge in [0.15, 0.2) is 12.5 Å². The second kappa shape index (κ2) is 3.02. The predicted molar refractivity (Wildman–Crippen MR) is 33.5 cm³/mol. The van der Waals surface area contributed by atoms with E-state index < -0.39 is 30.8 Å². The lowest BCUT2D eigenvalue weighted by molar-refractivity contribution is -0.265. The maximum absolute atomic E-state index is 12.7. The van der Waals surface area contributed by atoms with Crippen LogP contribution in [0.1, 0.15) is 6.92 Å². The van der Waals surface area contributed by atoms with Crippen LogP contribution < -0.4 is 0 Å². The molecule has 4 nitrogen and oxygen atoms in total. The van der Waals surface area contributed by atoms with Crippen molar-refractivity contribution in [3.8, 4) is 0 Å². The molecule has 0 saturated carbocycles. The molecule has 1 aliphatic heterocycles. The summed E-state index contributed by atoms with van der Waals surface area (Å²) >= 11 is 0. The lowest BCUT2D eigenvalue weighted by Crippen LogP contribution is -2.54. The fraction of sp³-hybridized carbons (Fsp3) is 1.00. The summed E-state index contributed by atoms with van der Waals surface area (Å²) in [6.07, 6.45) is -7.14. The van der Waals surface area contributed by atoms with Gasteiger partial charge in [0.2, 0.25) is 0 Å². The summed E-state index contributed by atoms with van der Waals surface area (Å²) in [5.41, 5.74) is 0. The van der Waals surface area contributed by atoms with Crippen molar-refractivity contribution in [2.45, 2.75) is 37.7 Å². The van der Waals surface area contributed by atoms with E-state index in [1.807, 2.05) is 0 Å². The second-order valence-electron chi connectivity index (χ2n) is 2.66. The Morgan fingerprint density at radius 1 is 1.18 bits per heavy atom. The predicted octanol–water partition coefficient (Wildman–Crippen LogP) is -1.22. The van der Waals surface area contributed by atoms with Gasteiger partial charge in [-0.15, -0.1) is 0 Å². The summed E-state index contributed by atoms with van der Waals surface area (Å²) in [5, 5.41) is 26.6. The highest BCUT2D eigenvalue weighted by molar-refractivity contribution is 4.86. The van der Waals surface area contributed by atoms with E-state index in [0.717, 1.165) is 0 Å². The van der Waals surface area contributed by atoms with Crippen LogP contribution in [0.2, 0.25) is 0 Å². The summed E-state index contributed by atoms with van der Waals surface area (Å²) in [6, 6.07) is 0. The number of alkyl halides is 1. The molecule has 0 radical (unpaired) electrons. The maximum Gasteiger partial charge on any atom is 0.183 e. The Kier molecular flexibility index (Phi) is 2.43. The minimum atomic E-state index is -1.65. The van der Waals surface area contributed by atoms with Crippen LogP contribution in [0.15, 0.2) is 0 Å². The lowest BCUT2D eigenvalue weighted by atomic mass is 10.0. The number of rotatable bonds is 0. The molecule has 0 amide bonds. The van der Waals surface area contributed by atoms with Crippen LogP contribution in [0.25, 0.3) is 0 Å². The fourth-order valence-corrected chi connectivity index (χ4v) is 1.01. The molecule has 11 heavy (non-hydrogen) atoms. The van der Waals surface area contributed by atoms with Gasteiger partial charge in [-0.2, -0.15) is 0 Å². The Labute approximate surface area is 63.2 Å². The van der Waals surface area contributed by atoms with Crippen molar-refractivity contribution in [3.05, 3.63) is 0 Å².